The molecule has 0 spiro atoms. The average Bonchev–Trinajstić information content (AvgIpc) is 2.79. The SMILES string of the molecule is CNNC(=S)NC[C@H]1CN(c2ccccc2)C(=O)O1. The summed E-state index contributed by atoms with van der Waals surface area (Å²) in [5, 5.41) is 3.44. The van der Waals surface area contributed by atoms with E-state index in [-0.39, 0.29) is 12.2 Å². The van der Waals surface area contributed by atoms with Gasteiger partial charge < -0.3 is 10.1 Å². The molecule has 2 rings (SSSR count). The number of rotatable bonds is 4. The molecule has 1 amide bonds. The van der Waals surface area contributed by atoms with Gasteiger partial charge in [0.05, 0.1) is 13.1 Å². The Bertz CT molecular complexity index is 454. The quantitative estimate of drug-likeness (QED) is 0.555. The molecule has 0 saturated carbocycles. The lowest BCUT2D eigenvalue weighted by atomic mass is 10.3. The largest absolute Gasteiger partial charge is 0.442 e. The number of benzene rings is 1. The number of hydrazine groups is 1. The van der Waals surface area contributed by atoms with Crippen molar-refractivity contribution < 1.29 is 9.53 Å². The Morgan fingerprint density at radius 1 is 1.47 bits per heavy atom. The molecule has 0 radical (unpaired) electrons. The lowest BCUT2D eigenvalue weighted by molar-refractivity contribution is 0.142. The van der Waals surface area contributed by atoms with E-state index >= 15 is 0 Å². The van der Waals surface area contributed by atoms with Crippen LogP contribution in [0, 0.1) is 0 Å². The monoisotopic (exact) mass is 280 g/mol. The Balaban J connectivity index is 1.88. The highest BCUT2D eigenvalue weighted by Crippen LogP contribution is 2.20. The number of ether oxygens (including phenoxy) is 1. The van der Waals surface area contributed by atoms with Gasteiger partial charge in [0.1, 0.15) is 6.10 Å². The van der Waals surface area contributed by atoms with Crippen molar-refractivity contribution in [2.45, 2.75) is 6.10 Å². The van der Waals surface area contributed by atoms with Crippen LogP contribution in [0.25, 0.3) is 0 Å². The number of anilines is 1. The van der Waals surface area contributed by atoms with Crippen LogP contribution in [0.1, 0.15) is 0 Å². The smallest absolute Gasteiger partial charge is 0.414 e. The second-order valence-electron chi connectivity index (χ2n) is 4.04. The third kappa shape index (κ3) is 3.55. The fourth-order valence-corrected chi connectivity index (χ4v) is 2.00. The van der Waals surface area contributed by atoms with E-state index in [1.807, 2.05) is 30.3 Å². The Kier molecular flexibility index (Phi) is 4.53. The van der Waals surface area contributed by atoms with Gasteiger partial charge in [-0.2, -0.15) is 0 Å². The maximum atomic E-state index is 11.8. The van der Waals surface area contributed by atoms with Crippen LogP contribution in [0.15, 0.2) is 30.3 Å². The summed E-state index contributed by atoms with van der Waals surface area (Å²) in [6.07, 6.45) is -0.546. The first kappa shape index (κ1) is 13.6. The minimum absolute atomic E-state index is 0.218. The fourth-order valence-electron chi connectivity index (χ4n) is 1.81. The minimum Gasteiger partial charge on any atom is -0.442 e. The van der Waals surface area contributed by atoms with Gasteiger partial charge in [-0.25, -0.2) is 10.2 Å². The summed E-state index contributed by atoms with van der Waals surface area (Å²) in [5.74, 6) is 0. The molecular formula is C12H16N4O2S. The van der Waals surface area contributed by atoms with Crippen molar-refractivity contribution in [1.29, 1.82) is 0 Å². The molecule has 19 heavy (non-hydrogen) atoms. The van der Waals surface area contributed by atoms with Gasteiger partial charge in [0.2, 0.25) is 0 Å². The topological polar surface area (TPSA) is 65.6 Å². The van der Waals surface area contributed by atoms with Crippen LogP contribution < -0.4 is 21.1 Å². The van der Waals surface area contributed by atoms with E-state index in [2.05, 4.69) is 16.2 Å². The van der Waals surface area contributed by atoms with Crippen LogP contribution in [0.5, 0.6) is 0 Å². The van der Waals surface area contributed by atoms with Crippen LogP contribution in [-0.4, -0.2) is 37.4 Å². The third-order valence-electron chi connectivity index (χ3n) is 2.67. The molecular weight excluding hydrogens is 264 g/mol. The van der Waals surface area contributed by atoms with Crippen LogP contribution in [0.3, 0.4) is 0 Å². The predicted octanol–water partition coefficient (Wildman–Crippen LogP) is 0.610. The predicted molar refractivity (Wildman–Crippen MR) is 76.9 cm³/mol. The van der Waals surface area contributed by atoms with Crippen molar-refractivity contribution in [3.05, 3.63) is 30.3 Å². The van der Waals surface area contributed by atoms with Gasteiger partial charge in [0.15, 0.2) is 5.11 Å². The van der Waals surface area contributed by atoms with E-state index in [0.717, 1.165) is 5.69 Å². The van der Waals surface area contributed by atoms with Gasteiger partial charge in [-0.1, -0.05) is 18.2 Å². The zero-order chi connectivity index (χ0) is 13.7. The number of hydrogen-bond acceptors (Lipinski definition) is 4. The van der Waals surface area contributed by atoms with Gasteiger partial charge in [-0.05, 0) is 24.4 Å². The number of hydrogen-bond donors (Lipinski definition) is 3. The summed E-state index contributed by atoms with van der Waals surface area (Å²) in [5.41, 5.74) is 6.29. The highest BCUT2D eigenvalue weighted by atomic mass is 32.1. The molecule has 0 aliphatic carbocycles. The van der Waals surface area contributed by atoms with Crippen molar-refractivity contribution in [3.63, 3.8) is 0 Å². The Hall–Kier alpha value is -1.86. The van der Waals surface area contributed by atoms with Crippen LogP contribution in [0.4, 0.5) is 10.5 Å². The third-order valence-corrected chi connectivity index (χ3v) is 2.92. The first-order chi connectivity index (χ1) is 9.20. The van der Waals surface area contributed by atoms with Crippen LogP contribution in [-0.2, 0) is 4.74 Å². The summed E-state index contributed by atoms with van der Waals surface area (Å²) in [6.45, 7) is 0.987. The molecule has 1 heterocycles. The molecule has 102 valence electrons. The first-order valence-corrected chi connectivity index (χ1v) is 6.35. The minimum atomic E-state index is -0.328. The number of para-hydroxylation sites is 1. The van der Waals surface area contributed by atoms with E-state index in [1.54, 1.807) is 11.9 Å². The molecule has 1 aliphatic heterocycles. The van der Waals surface area contributed by atoms with E-state index in [4.69, 9.17) is 17.0 Å². The Morgan fingerprint density at radius 3 is 2.89 bits per heavy atom. The van der Waals surface area contributed by atoms with E-state index in [0.29, 0.717) is 18.2 Å². The van der Waals surface area contributed by atoms with E-state index < -0.39 is 0 Å². The summed E-state index contributed by atoms with van der Waals surface area (Å²) < 4.78 is 5.27. The summed E-state index contributed by atoms with van der Waals surface area (Å²) in [7, 11) is 1.72. The van der Waals surface area contributed by atoms with E-state index in [9.17, 15) is 4.79 Å². The van der Waals surface area contributed by atoms with Gasteiger partial charge in [-0.3, -0.25) is 10.3 Å². The van der Waals surface area contributed by atoms with Crippen molar-refractivity contribution in [3.8, 4) is 0 Å². The van der Waals surface area contributed by atoms with Gasteiger partial charge in [-0.15, -0.1) is 0 Å². The van der Waals surface area contributed by atoms with Gasteiger partial charge >= 0.3 is 6.09 Å². The first-order valence-electron chi connectivity index (χ1n) is 5.94. The van der Waals surface area contributed by atoms with E-state index in [1.165, 1.54) is 0 Å². The molecule has 0 bridgehead atoms. The molecule has 1 fully saturated rings. The Morgan fingerprint density at radius 2 is 2.21 bits per heavy atom. The number of carbonyl (C=O) groups is 1. The number of carbonyl (C=O) groups excluding carboxylic acids is 1. The van der Waals surface area contributed by atoms with Crippen molar-refractivity contribution in [1.82, 2.24) is 16.2 Å². The van der Waals surface area contributed by atoms with Gasteiger partial charge in [0, 0.05) is 12.7 Å². The average molecular weight is 280 g/mol. The molecule has 1 aromatic rings. The van der Waals surface area contributed by atoms with Crippen molar-refractivity contribution in [2.24, 2.45) is 0 Å². The zero-order valence-corrected chi connectivity index (χ0v) is 11.4. The van der Waals surface area contributed by atoms with Crippen LogP contribution >= 0.6 is 12.2 Å². The normalized spacial score (nSPS) is 18.1. The lowest BCUT2D eigenvalue weighted by Gasteiger charge is -2.13. The fraction of sp³-hybridized carbons (Fsp3) is 0.333. The lowest BCUT2D eigenvalue weighted by Crippen LogP contribution is -2.45. The molecule has 1 atom stereocenters. The highest BCUT2D eigenvalue weighted by molar-refractivity contribution is 7.80. The number of nitrogens with zero attached hydrogens (tertiary/aromatic N) is 1. The number of nitrogens with one attached hydrogen (secondary N) is 3. The number of thiocarbonyl (C=S) groups is 1. The Labute approximate surface area is 117 Å². The summed E-state index contributed by atoms with van der Waals surface area (Å²) >= 11 is 5.00. The van der Waals surface area contributed by atoms with Crippen LogP contribution in [0.2, 0.25) is 0 Å². The van der Waals surface area contributed by atoms with Gasteiger partial charge in [0.25, 0.3) is 0 Å². The standard InChI is InChI=1S/C12H16N4O2S/c1-13-15-11(19)14-7-10-8-16(12(17)18-10)9-5-3-2-4-6-9/h2-6,10,13H,7-8H2,1H3,(H2,14,15,19)/t10-/m0/s1. The molecule has 1 saturated heterocycles. The number of amides is 1. The molecule has 0 aromatic heterocycles. The summed E-state index contributed by atoms with van der Waals surface area (Å²) in [6, 6.07) is 9.45. The molecule has 0 unspecified atom stereocenters. The molecule has 3 N–H and O–H groups in total. The molecule has 7 heteroatoms. The number of cyclic esters (lactones) is 1. The highest BCUT2D eigenvalue weighted by Gasteiger charge is 2.32. The second kappa shape index (κ2) is 6.35. The maximum Gasteiger partial charge on any atom is 0.414 e. The molecule has 1 aliphatic rings. The van der Waals surface area contributed by atoms with Crippen molar-refractivity contribution >= 4 is 29.1 Å². The van der Waals surface area contributed by atoms with Crippen molar-refractivity contribution in [2.75, 3.05) is 25.0 Å². The zero-order valence-electron chi connectivity index (χ0n) is 10.6. The maximum absolute atomic E-state index is 11.8. The molecule has 1 aromatic carbocycles. The summed E-state index contributed by atoms with van der Waals surface area (Å²) in [4.78, 5) is 13.4. The second-order valence-corrected chi connectivity index (χ2v) is 4.45. The molecule has 6 nitrogen and oxygen atoms in total.